The molecular weight excluding hydrogens is 298 g/mol. The maximum absolute atomic E-state index is 12.9. The fraction of sp³-hybridized carbons (Fsp3) is 0.143. The van der Waals surface area contributed by atoms with E-state index in [2.05, 4.69) is 4.98 Å². The van der Waals surface area contributed by atoms with Crippen molar-refractivity contribution in [2.75, 3.05) is 0 Å². The van der Waals surface area contributed by atoms with Crippen LogP contribution >= 0.6 is 0 Å². The quantitative estimate of drug-likeness (QED) is 0.692. The molecule has 0 saturated heterocycles. The molecule has 0 amide bonds. The van der Waals surface area contributed by atoms with Gasteiger partial charge in [-0.25, -0.2) is 0 Å². The number of Topliss-reactive ketones (excluding diaryl/α,β-unsaturated/α-hetero) is 1. The molecule has 1 aromatic heterocycles. The molecule has 3 nitrogen and oxygen atoms in total. The van der Waals surface area contributed by atoms with E-state index in [-0.39, 0.29) is 11.2 Å². The number of para-hydroxylation sites is 1. The predicted molar refractivity (Wildman–Crippen MR) is 93.5 cm³/mol. The van der Waals surface area contributed by atoms with Crippen molar-refractivity contribution in [2.45, 2.75) is 19.3 Å². The van der Waals surface area contributed by atoms with Gasteiger partial charge >= 0.3 is 0 Å². The Morgan fingerprint density at radius 2 is 1.62 bits per heavy atom. The van der Waals surface area contributed by atoms with Gasteiger partial charge in [-0.05, 0) is 24.1 Å². The normalized spacial score (nSPS) is 15.9. The molecule has 2 aromatic carbocycles. The molecule has 0 unspecified atom stereocenters. The van der Waals surface area contributed by atoms with Crippen LogP contribution in [0, 0.1) is 0 Å². The Labute approximate surface area is 138 Å². The SMILES string of the molecule is O=C1C2=C(Cc3ccccc31)Cc1c([nH]c3ccccc3c1=O)C2. The van der Waals surface area contributed by atoms with E-state index in [9.17, 15) is 9.59 Å². The monoisotopic (exact) mass is 313 g/mol. The number of fused-ring (bicyclic) bond motifs is 3. The number of hydrogen-bond donors (Lipinski definition) is 1. The topological polar surface area (TPSA) is 49.9 Å². The van der Waals surface area contributed by atoms with E-state index >= 15 is 0 Å². The molecule has 1 heterocycles. The van der Waals surface area contributed by atoms with Gasteiger partial charge in [0, 0.05) is 46.1 Å². The highest BCUT2D eigenvalue weighted by atomic mass is 16.1. The first-order chi connectivity index (χ1) is 11.7. The van der Waals surface area contributed by atoms with Gasteiger partial charge in [-0.15, -0.1) is 0 Å². The first-order valence-electron chi connectivity index (χ1n) is 8.18. The molecule has 0 saturated carbocycles. The summed E-state index contributed by atoms with van der Waals surface area (Å²) in [5.74, 6) is 0.117. The van der Waals surface area contributed by atoms with E-state index in [1.807, 2.05) is 48.5 Å². The summed E-state index contributed by atoms with van der Waals surface area (Å²) in [5, 5.41) is 0.725. The van der Waals surface area contributed by atoms with Gasteiger partial charge in [0.2, 0.25) is 0 Å². The Balaban J connectivity index is 1.69. The zero-order valence-corrected chi connectivity index (χ0v) is 13.1. The summed E-state index contributed by atoms with van der Waals surface area (Å²) in [5.41, 5.74) is 6.50. The molecule has 3 heteroatoms. The van der Waals surface area contributed by atoms with Crippen molar-refractivity contribution < 1.29 is 4.79 Å². The van der Waals surface area contributed by atoms with Crippen molar-refractivity contribution in [1.82, 2.24) is 4.98 Å². The van der Waals surface area contributed by atoms with E-state index in [1.165, 1.54) is 0 Å². The van der Waals surface area contributed by atoms with Crippen molar-refractivity contribution in [3.63, 3.8) is 0 Å². The summed E-state index contributed by atoms with van der Waals surface area (Å²) in [7, 11) is 0. The number of nitrogens with one attached hydrogen (secondary N) is 1. The van der Waals surface area contributed by atoms with Gasteiger partial charge in [-0.1, -0.05) is 42.0 Å². The Hall–Kier alpha value is -2.94. The number of carbonyl (C=O) groups is 1. The van der Waals surface area contributed by atoms with Crippen molar-refractivity contribution in [2.24, 2.45) is 0 Å². The third kappa shape index (κ3) is 1.78. The standard InChI is InChI=1S/C21H15NO2/c23-20-14-6-2-1-5-12(14)9-13-10-17-19(11-16(13)20)22-18-8-4-3-7-15(18)21(17)24/h1-8H,9-11H2,(H,22,24). The molecule has 0 fully saturated rings. The molecule has 24 heavy (non-hydrogen) atoms. The zero-order valence-electron chi connectivity index (χ0n) is 13.1. The molecule has 0 bridgehead atoms. The third-order valence-corrected chi connectivity index (χ3v) is 5.21. The first kappa shape index (κ1) is 13.5. The molecule has 0 spiro atoms. The minimum Gasteiger partial charge on any atom is -0.358 e. The summed E-state index contributed by atoms with van der Waals surface area (Å²) in [4.78, 5) is 29.1. The van der Waals surface area contributed by atoms with Crippen molar-refractivity contribution in [3.05, 3.63) is 92.3 Å². The van der Waals surface area contributed by atoms with Crippen LogP contribution < -0.4 is 5.43 Å². The summed E-state index contributed by atoms with van der Waals surface area (Å²) >= 11 is 0. The Bertz CT molecular complexity index is 1120. The number of carbonyl (C=O) groups excluding carboxylic acids is 1. The van der Waals surface area contributed by atoms with Gasteiger partial charge in [0.1, 0.15) is 0 Å². The molecule has 0 radical (unpaired) electrons. The van der Waals surface area contributed by atoms with Crippen LogP contribution in [0.1, 0.15) is 27.2 Å². The second-order valence-electron chi connectivity index (χ2n) is 6.56. The van der Waals surface area contributed by atoms with Crippen LogP contribution in [0.5, 0.6) is 0 Å². The van der Waals surface area contributed by atoms with Crippen molar-refractivity contribution in [3.8, 4) is 0 Å². The Morgan fingerprint density at radius 1 is 0.833 bits per heavy atom. The fourth-order valence-corrected chi connectivity index (χ4v) is 3.99. The summed E-state index contributed by atoms with van der Waals surface area (Å²) in [6, 6.07) is 15.4. The van der Waals surface area contributed by atoms with E-state index in [0.717, 1.165) is 50.9 Å². The van der Waals surface area contributed by atoms with Gasteiger partial charge in [-0.3, -0.25) is 9.59 Å². The molecular formula is C21H15NO2. The smallest absolute Gasteiger partial charge is 0.193 e. The second-order valence-corrected chi connectivity index (χ2v) is 6.56. The number of H-pyrrole nitrogens is 1. The van der Waals surface area contributed by atoms with Gasteiger partial charge in [0.25, 0.3) is 0 Å². The van der Waals surface area contributed by atoms with Crippen LogP contribution in [-0.2, 0) is 19.3 Å². The van der Waals surface area contributed by atoms with Gasteiger partial charge in [-0.2, -0.15) is 0 Å². The average molecular weight is 313 g/mol. The fourth-order valence-electron chi connectivity index (χ4n) is 3.99. The Morgan fingerprint density at radius 3 is 2.54 bits per heavy atom. The molecule has 116 valence electrons. The lowest BCUT2D eigenvalue weighted by atomic mass is 9.77. The number of benzene rings is 2. The number of aromatic amines is 1. The van der Waals surface area contributed by atoms with Crippen LogP contribution in [0.4, 0.5) is 0 Å². The molecule has 5 rings (SSSR count). The first-order valence-corrected chi connectivity index (χ1v) is 8.18. The predicted octanol–water partition coefficient (Wildman–Crippen LogP) is 3.36. The highest BCUT2D eigenvalue weighted by Crippen LogP contribution is 2.34. The minimum atomic E-state index is 0.0946. The number of pyridine rings is 1. The molecule has 2 aliphatic carbocycles. The highest BCUT2D eigenvalue weighted by Gasteiger charge is 2.30. The van der Waals surface area contributed by atoms with E-state index in [1.54, 1.807) is 0 Å². The number of aromatic nitrogens is 1. The van der Waals surface area contributed by atoms with Crippen LogP contribution in [-0.4, -0.2) is 10.8 Å². The zero-order chi connectivity index (χ0) is 16.3. The lowest BCUT2D eigenvalue weighted by Crippen LogP contribution is -2.27. The third-order valence-electron chi connectivity index (χ3n) is 5.21. The number of allylic oxidation sites excluding steroid dienone is 2. The highest BCUT2D eigenvalue weighted by molar-refractivity contribution is 6.12. The molecule has 2 aliphatic rings. The van der Waals surface area contributed by atoms with Crippen molar-refractivity contribution in [1.29, 1.82) is 0 Å². The van der Waals surface area contributed by atoms with Crippen LogP contribution in [0.2, 0.25) is 0 Å². The van der Waals surface area contributed by atoms with E-state index < -0.39 is 0 Å². The van der Waals surface area contributed by atoms with E-state index in [0.29, 0.717) is 12.8 Å². The summed E-state index contributed by atoms with van der Waals surface area (Å²) < 4.78 is 0. The van der Waals surface area contributed by atoms with E-state index in [4.69, 9.17) is 0 Å². The average Bonchev–Trinajstić information content (AvgIpc) is 2.62. The molecule has 3 aromatic rings. The summed E-state index contributed by atoms with van der Waals surface area (Å²) in [6.45, 7) is 0. The van der Waals surface area contributed by atoms with Gasteiger partial charge in [0.05, 0.1) is 0 Å². The maximum atomic E-state index is 12.9. The molecule has 1 N–H and O–H groups in total. The number of rotatable bonds is 0. The van der Waals surface area contributed by atoms with Crippen LogP contribution in [0.15, 0.2) is 64.5 Å². The largest absolute Gasteiger partial charge is 0.358 e. The van der Waals surface area contributed by atoms with Crippen molar-refractivity contribution >= 4 is 16.7 Å². The number of ketones is 1. The molecule has 0 atom stereocenters. The van der Waals surface area contributed by atoms with Crippen LogP contribution in [0.3, 0.4) is 0 Å². The maximum Gasteiger partial charge on any atom is 0.193 e. The summed E-state index contributed by atoms with van der Waals surface area (Å²) in [6.07, 6.45) is 1.87. The molecule has 0 aliphatic heterocycles. The second kappa shape index (κ2) is 4.78. The lowest BCUT2D eigenvalue weighted by molar-refractivity contribution is 0.102. The minimum absolute atomic E-state index is 0.0946. The lowest BCUT2D eigenvalue weighted by Gasteiger charge is -2.27. The number of hydrogen-bond acceptors (Lipinski definition) is 2. The van der Waals surface area contributed by atoms with Crippen LogP contribution in [0.25, 0.3) is 10.9 Å². The Kier molecular flexibility index (Phi) is 2.69. The van der Waals surface area contributed by atoms with Gasteiger partial charge in [0.15, 0.2) is 11.2 Å². The van der Waals surface area contributed by atoms with Gasteiger partial charge < -0.3 is 4.98 Å².